The topological polar surface area (TPSA) is 84.5 Å². The van der Waals surface area contributed by atoms with Gasteiger partial charge in [0, 0.05) is 19.5 Å². The van der Waals surface area contributed by atoms with Gasteiger partial charge in [-0.05, 0) is 83.7 Å². The molecule has 0 radical (unpaired) electrons. The lowest BCUT2D eigenvalue weighted by Crippen LogP contribution is -2.32. The molecule has 1 amide bonds. The summed E-state index contributed by atoms with van der Waals surface area (Å²) in [5.74, 6) is 1.16. The van der Waals surface area contributed by atoms with Crippen LogP contribution in [0.15, 0.2) is 71.6 Å². The first-order valence-electron chi connectivity index (χ1n) is 13.1. The third kappa shape index (κ3) is 7.55. The van der Waals surface area contributed by atoms with Crippen LogP contribution in [0.25, 0.3) is 10.8 Å². The molecular formula is C30H38N2O4S. The highest BCUT2D eigenvalue weighted by Crippen LogP contribution is 2.39. The predicted molar refractivity (Wildman–Crippen MR) is 148 cm³/mol. The highest BCUT2D eigenvalue weighted by atomic mass is 32.2. The molecule has 0 aromatic heterocycles. The van der Waals surface area contributed by atoms with E-state index in [0.29, 0.717) is 24.6 Å². The molecule has 37 heavy (non-hydrogen) atoms. The van der Waals surface area contributed by atoms with Gasteiger partial charge in [0.1, 0.15) is 5.75 Å². The fourth-order valence-corrected chi connectivity index (χ4v) is 6.02. The van der Waals surface area contributed by atoms with Gasteiger partial charge in [0.05, 0.1) is 11.0 Å². The molecule has 0 spiro atoms. The van der Waals surface area contributed by atoms with Crippen molar-refractivity contribution in [2.24, 2.45) is 11.3 Å². The molecule has 7 heteroatoms. The summed E-state index contributed by atoms with van der Waals surface area (Å²) in [6, 6.07) is 20.4. The number of amides is 1. The van der Waals surface area contributed by atoms with E-state index in [0.717, 1.165) is 40.8 Å². The van der Waals surface area contributed by atoms with Gasteiger partial charge in [0.15, 0.2) is 0 Å². The average Bonchev–Trinajstić information content (AvgIpc) is 2.87. The van der Waals surface area contributed by atoms with E-state index in [-0.39, 0.29) is 11.3 Å². The molecule has 2 N–H and O–H groups in total. The van der Waals surface area contributed by atoms with Gasteiger partial charge in [0.2, 0.25) is 5.91 Å². The van der Waals surface area contributed by atoms with Crippen LogP contribution in [-0.4, -0.2) is 27.0 Å². The zero-order valence-electron chi connectivity index (χ0n) is 22.0. The maximum absolute atomic E-state index is 12.2. The van der Waals surface area contributed by atoms with Gasteiger partial charge in [-0.25, -0.2) is 13.1 Å². The summed E-state index contributed by atoms with van der Waals surface area (Å²) in [5.41, 5.74) is 1.47. The SMILES string of the molecule is CC(C)(C)[C@H]1CC[C@H](Oc2ccc3cc(CNCCC(=O)NS(=O)(=O)c4ccccc4)ccc3c2)CC1. The smallest absolute Gasteiger partial charge is 0.264 e. The van der Waals surface area contributed by atoms with Crippen molar-refractivity contribution in [3.05, 3.63) is 72.3 Å². The van der Waals surface area contributed by atoms with E-state index in [1.54, 1.807) is 18.2 Å². The van der Waals surface area contributed by atoms with Crippen molar-refractivity contribution in [1.82, 2.24) is 10.0 Å². The highest BCUT2D eigenvalue weighted by Gasteiger charge is 2.30. The molecule has 1 fully saturated rings. The molecule has 1 aliphatic carbocycles. The zero-order valence-corrected chi connectivity index (χ0v) is 22.8. The third-order valence-electron chi connectivity index (χ3n) is 7.24. The van der Waals surface area contributed by atoms with Crippen LogP contribution in [0.1, 0.15) is 58.4 Å². The summed E-state index contributed by atoms with van der Waals surface area (Å²) in [6.45, 7) is 7.97. The highest BCUT2D eigenvalue weighted by molar-refractivity contribution is 7.90. The van der Waals surface area contributed by atoms with Crippen LogP contribution in [0.3, 0.4) is 0 Å². The first-order chi connectivity index (χ1) is 17.6. The second kappa shape index (κ2) is 11.7. The van der Waals surface area contributed by atoms with E-state index in [2.05, 4.69) is 61.1 Å². The van der Waals surface area contributed by atoms with Crippen LogP contribution in [0.4, 0.5) is 0 Å². The van der Waals surface area contributed by atoms with Crippen LogP contribution in [0.2, 0.25) is 0 Å². The van der Waals surface area contributed by atoms with Crippen molar-refractivity contribution in [3.63, 3.8) is 0 Å². The lowest BCUT2D eigenvalue weighted by Gasteiger charge is -2.37. The number of fused-ring (bicyclic) bond motifs is 1. The minimum atomic E-state index is -3.83. The Hall–Kier alpha value is -2.90. The molecule has 0 atom stereocenters. The number of benzene rings is 3. The molecular weight excluding hydrogens is 484 g/mol. The molecule has 0 aliphatic heterocycles. The number of hydrogen-bond donors (Lipinski definition) is 2. The maximum atomic E-state index is 12.2. The summed E-state index contributed by atoms with van der Waals surface area (Å²) < 4.78 is 32.9. The second-order valence-corrected chi connectivity index (χ2v) is 12.8. The van der Waals surface area contributed by atoms with Gasteiger partial charge in [-0.2, -0.15) is 0 Å². The van der Waals surface area contributed by atoms with Crippen LogP contribution < -0.4 is 14.8 Å². The molecule has 198 valence electrons. The lowest BCUT2D eigenvalue weighted by atomic mass is 9.72. The summed E-state index contributed by atoms with van der Waals surface area (Å²) in [6.07, 6.45) is 5.03. The van der Waals surface area contributed by atoms with Crippen molar-refractivity contribution in [2.75, 3.05) is 6.54 Å². The number of hydrogen-bond acceptors (Lipinski definition) is 5. The van der Waals surface area contributed by atoms with Crippen LogP contribution in [0.5, 0.6) is 5.75 Å². The molecule has 0 unspecified atom stereocenters. The first-order valence-corrected chi connectivity index (χ1v) is 14.6. The Bertz CT molecular complexity index is 1310. The minimum absolute atomic E-state index is 0.0675. The number of ether oxygens (including phenoxy) is 1. The Kier molecular flexibility index (Phi) is 8.55. The van der Waals surface area contributed by atoms with Crippen molar-refractivity contribution in [1.29, 1.82) is 0 Å². The maximum Gasteiger partial charge on any atom is 0.264 e. The van der Waals surface area contributed by atoms with Gasteiger partial charge in [0.25, 0.3) is 10.0 Å². The normalized spacial score (nSPS) is 18.5. The van der Waals surface area contributed by atoms with E-state index in [4.69, 9.17) is 4.74 Å². The van der Waals surface area contributed by atoms with Crippen molar-refractivity contribution < 1.29 is 17.9 Å². The molecule has 0 saturated heterocycles. The van der Waals surface area contributed by atoms with Crippen molar-refractivity contribution in [3.8, 4) is 5.75 Å². The first kappa shape index (κ1) is 27.1. The third-order valence-corrected chi connectivity index (χ3v) is 8.63. The Balaban J connectivity index is 1.23. The summed E-state index contributed by atoms with van der Waals surface area (Å²) in [5, 5.41) is 5.49. The fourth-order valence-electron chi connectivity index (χ4n) is 4.99. The van der Waals surface area contributed by atoms with E-state index in [1.807, 2.05) is 6.07 Å². The van der Waals surface area contributed by atoms with Crippen molar-refractivity contribution in [2.45, 2.75) is 70.4 Å². The largest absolute Gasteiger partial charge is 0.490 e. The van der Waals surface area contributed by atoms with E-state index >= 15 is 0 Å². The van der Waals surface area contributed by atoms with E-state index in [9.17, 15) is 13.2 Å². The Morgan fingerprint density at radius 3 is 2.30 bits per heavy atom. The van der Waals surface area contributed by atoms with Gasteiger partial charge in [-0.3, -0.25) is 4.79 Å². The molecule has 0 heterocycles. The fraction of sp³-hybridized carbons (Fsp3) is 0.433. The lowest BCUT2D eigenvalue weighted by molar-refractivity contribution is -0.119. The van der Waals surface area contributed by atoms with E-state index < -0.39 is 15.9 Å². The molecule has 6 nitrogen and oxygen atoms in total. The number of sulfonamides is 1. The van der Waals surface area contributed by atoms with Gasteiger partial charge < -0.3 is 10.1 Å². The summed E-state index contributed by atoms with van der Waals surface area (Å²) >= 11 is 0. The van der Waals surface area contributed by atoms with Crippen LogP contribution in [0, 0.1) is 11.3 Å². The Morgan fingerprint density at radius 1 is 0.919 bits per heavy atom. The second-order valence-electron chi connectivity index (χ2n) is 11.1. The molecule has 3 aromatic rings. The number of nitrogens with one attached hydrogen (secondary N) is 2. The molecule has 1 aliphatic rings. The van der Waals surface area contributed by atoms with Gasteiger partial charge in [-0.15, -0.1) is 0 Å². The molecule has 1 saturated carbocycles. The average molecular weight is 523 g/mol. The predicted octanol–water partition coefficient (Wildman–Crippen LogP) is 5.81. The number of rotatable bonds is 9. The quantitative estimate of drug-likeness (QED) is 0.347. The van der Waals surface area contributed by atoms with Gasteiger partial charge in [-0.1, -0.05) is 57.2 Å². The summed E-state index contributed by atoms with van der Waals surface area (Å²) in [4.78, 5) is 12.2. The Labute approximate surface area is 220 Å². The molecule has 0 bridgehead atoms. The summed E-state index contributed by atoms with van der Waals surface area (Å²) in [7, 11) is -3.83. The molecule has 4 rings (SSSR count). The van der Waals surface area contributed by atoms with Crippen LogP contribution in [-0.2, 0) is 21.4 Å². The number of carbonyl (C=O) groups is 1. The Morgan fingerprint density at radius 2 is 1.59 bits per heavy atom. The monoisotopic (exact) mass is 522 g/mol. The van der Waals surface area contributed by atoms with Crippen LogP contribution >= 0.6 is 0 Å². The van der Waals surface area contributed by atoms with E-state index in [1.165, 1.54) is 25.0 Å². The zero-order chi connectivity index (χ0) is 26.5. The molecule has 3 aromatic carbocycles. The standard InChI is InChI=1S/C30H38N2O4S/c1-30(2,3)25-12-15-26(16-13-25)36-27-14-11-23-19-22(9-10-24(23)20-27)21-31-18-17-29(33)32-37(34,35)28-7-5-4-6-8-28/h4-11,14,19-20,25-26,31H,12-13,15-18,21H2,1-3H3,(H,32,33)/t25-,26-. The minimum Gasteiger partial charge on any atom is -0.490 e. The van der Waals surface area contributed by atoms with Crippen molar-refractivity contribution >= 4 is 26.7 Å². The van der Waals surface area contributed by atoms with Gasteiger partial charge >= 0.3 is 0 Å². The number of carbonyl (C=O) groups excluding carboxylic acids is 1.